The van der Waals surface area contributed by atoms with Crippen molar-refractivity contribution in [1.82, 2.24) is 5.32 Å². The Balaban J connectivity index is 1.58. The summed E-state index contributed by atoms with van der Waals surface area (Å²) in [7, 11) is -3.84. The van der Waals surface area contributed by atoms with Gasteiger partial charge < -0.3 is 10.1 Å². The first-order chi connectivity index (χ1) is 14.8. The summed E-state index contributed by atoms with van der Waals surface area (Å²) in [5.74, 6) is 0.801. The van der Waals surface area contributed by atoms with Gasteiger partial charge in [-0.05, 0) is 49.1 Å². The number of carbonyl (C=O) groups excluding carboxylic acids is 1. The minimum Gasteiger partial charge on any atom is -0.444 e. The van der Waals surface area contributed by atoms with Crippen LogP contribution in [0.1, 0.15) is 50.2 Å². The summed E-state index contributed by atoms with van der Waals surface area (Å²) in [6.07, 6.45) is 5.99. The van der Waals surface area contributed by atoms with Crippen molar-refractivity contribution in [2.24, 2.45) is 11.1 Å². The molecule has 31 heavy (non-hydrogen) atoms. The van der Waals surface area contributed by atoms with E-state index in [2.05, 4.69) is 12.2 Å². The number of hydrogen-bond donors (Lipinski definition) is 2. The fraction of sp³-hybridized carbons (Fsp3) is 0.435. The van der Waals surface area contributed by atoms with Crippen LogP contribution >= 0.6 is 0 Å². The van der Waals surface area contributed by atoms with Crippen LogP contribution in [0, 0.1) is 5.92 Å². The highest BCUT2D eigenvalue weighted by molar-refractivity contribution is 7.89. The maximum absolute atomic E-state index is 12.7. The molecule has 2 aliphatic rings. The lowest BCUT2D eigenvalue weighted by molar-refractivity contribution is 0.145. The van der Waals surface area contributed by atoms with Gasteiger partial charge in [0.2, 0.25) is 10.0 Å². The summed E-state index contributed by atoms with van der Waals surface area (Å²) in [6.45, 7) is 2.84. The van der Waals surface area contributed by atoms with E-state index < -0.39 is 16.1 Å². The highest BCUT2D eigenvalue weighted by Gasteiger charge is 2.30. The topological polar surface area (TPSA) is 102 Å². The number of sulfonamides is 1. The van der Waals surface area contributed by atoms with E-state index in [-0.39, 0.29) is 11.5 Å². The molecule has 1 fully saturated rings. The van der Waals surface area contributed by atoms with Gasteiger partial charge >= 0.3 is 6.09 Å². The fourth-order valence-electron chi connectivity index (χ4n) is 4.60. The molecule has 8 heteroatoms. The third-order valence-electron chi connectivity index (χ3n) is 6.19. The van der Waals surface area contributed by atoms with E-state index in [0.29, 0.717) is 23.8 Å². The lowest BCUT2D eigenvalue weighted by Gasteiger charge is -2.31. The third kappa shape index (κ3) is 4.92. The van der Waals surface area contributed by atoms with Crippen LogP contribution in [0.4, 0.5) is 16.2 Å². The molecule has 1 aliphatic carbocycles. The normalized spacial score (nSPS) is 18.0. The molecule has 166 valence electrons. The van der Waals surface area contributed by atoms with Crippen molar-refractivity contribution in [2.45, 2.75) is 63.1 Å². The Bertz CT molecular complexity index is 1060. The fourth-order valence-corrected chi connectivity index (χ4v) is 5.16. The Morgan fingerprint density at radius 1 is 1.16 bits per heavy atom. The number of benzene rings is 2. The second-order valence-electron chi connectivity index (χ2n) is 8.52. The zero-order chi connectivity index (χ0) is 22.0. The zero-order valence-corrected chi connectivity index (χ0v) is 18.5. The average molecular weight is 444 g/mol. The molecular formula is C23H29N3O4S. The molecule has 0 spiro atoms. The van der Waals surface area contributed by atoms with E-state index in [1.165, 1.54) is 42.7 Å². The number of carbonyl (C=O) groups is 1. The van der Waals surface area contributed by atoms with Gasteiger partial charge in [-0.3, -0.25) is 0 Å². The number of amides is 1. The summed E-state index contributed by atoms with van der Waals surface area (Å²) in [4.78, 5) is 14.2. The summed E-state index contributed by atoms with van der Waals surface area (Å²) in [5, 5.41) is 8.85. The Kier molecular flexibility index (Phi) is 6.31. The Morgan fingerprint density at radius 3 is 2.65 bits per heavy atom. The molecule has 0 aromatic heterocycles. The van der Waals surface area contributed by atoms with E-state index in [4.69, 9.17) is 9.88 Å². The minimum atomic E-state index is -3.84. The predicted molar refractivity (Wildman–Crippen MR) is 119 cm³/mol. The standard InChI is InChI=1S/C23H29N3O4S/c1-16(12-17-6-2-3-7-17)25-14-18-8-4-5-9-21(18)26-22-11-10-20(31(24,28)29)13-19(22)15-30-23(26)27/h4-5,8-11,13,16-17,25H,2-3,6-7,12,14-15H2,1H3,(H2,24,28,29)/t16-/m0/s1. The number of anilines is 2. The van der Waals surface area contributed by atoms with Gasteiger partial charge in [0.15, 0.2) is 0 Å². The summed E-state index contributed by atoms with van der Waals surface area (Å²) in [6, 6.07) is 12.6. The number of hydrogen-bond acceptors (Lipinski definition) is 5. The maximum Gasteiger partial charge on any atom is 0.419 e. The third-order valence-corrected chi connectivity index (χ3v) is 7.10. The van der Waals surface area contributed by atoms with Crippen molar-refractivity contribution in [2.75, 3.05) is 4.90 Å². The molecule has 1 atom stereocenters. The molecule has 3 N–H and O–H groups in total. The number of nitrogens with one attached hydrogen (secondary N) is 1. The molecule has 0 bridgehead atoms. The van der Waals surface area contributed by atoms with Gasteiger partial charge in [0.05, 0.1) is 16.3 Å². The Hall–Kier alpha value is -2.42. The molecule has 2 aromatic carbocycles. The van der Waals surface area contributed by atoms with Crippen LogP contribution in [0.15, 0.2) is 47.4 Å². The van der Waals surface area contributed by atoms with Crippen molar-refractivity contribution in [3.63, 3.8) is 0 Å². The van der Waals surface area contributed by atoms with Crippen LogP contribution in [-0.4, -0.2) is 20.6 Å². The molecule has 1 amide bonds. The SMILES string of the molecule is C[C@@H](CC1CCCC1)NCc1ccccc1N1C(=O)OCc2cc(S(N)(=O)=O)ccc21. The van der Waals surface area contributed by atoms with Crippen molar-refractivity contribution in [3.8, 4) is 0 Å². The van der Waals surface area contributed by atoms with Gasteiger partial charge in [0.25, 0.3) is 0 Å². The second kappa shape index (κ2) is 8.98. The summed E-state index contributed by atoms with van der Waals surface area (Å²) < 4.78 is 28.8. The molecule has 0 saturated heterocycles. The maximum atomic E-state index is 12.7. The molecule has 1 heterocycles. The minimum absolute atomic E-state index is 0.000150. The Morgan fingerprint density at radius 2 is 1.90 bits per heavy atom. The molecule has 1 aliphatic heterocycles. The smallest absolute Gasteiger partial charge is 0.419 e. The number of para-hydroxylation sites is 1. The van der Waals surface area contributed by atoms with Crippen LogP contribution in [0.25, 0.3) is 0 Å². The highest BCUT2D eigenvalue weighted by atomic mass is 32.2. The molecule has 7 nitrogen and oxygen atoms in total. The average Bonchev–Trinajstić information content (AvgIpc) is 3.24. The summed E-state index contributed by atoms with van der Waals surface area (Å²) >= 11 is 0. The van der Waals surface area contributed by atoms with Gasteiger partial charge in [-0.15, -0.1) is 0 Å². The van der Waals surface area contributed by atoms with E-state index in [9.17, 15) is 13.2 Å². The Labute approximate surface area is 183 Å². The quantitative estimate of drug-likeness (QED) is 0.668. The van der Waals surface area contributed by atoms with Gasteiger partial charge in [0, 0.05) is 18.2 Å². The number of ether oxygens (including phenoxy) is 1. The van der Waals surface area contributed by atoms with Gasteiger partial charge in [-0.2, -0.15) is 0 Å². The first-order valence-electron chi connectivity index (χ1n) is 10.8. The first-order valence-corrected chi connectivity index (χ1v) is 12.3. The number of rotatable bonds is 7. The van der Waals surface area contributed by atoms with Crippen molar-refractivity contribution in [1.29, 1.82) is 0 Å². The molecule has 4 rings (SSSR count). The van der Waals surface area contributed by atoms with Crippen LogP contribution in [0.5, 0.6) is 0 Å². The lowest BCUT2D eigenvalue weighted by atomic mass is 9.99. The van der Waals surface area contributed by atoms with Crippen LogP contribution in [0.3, 0.4) is 0 Å². The van der Waals surface area contributed by atoms with Gasteiger partial charge in [-0.25, -0.2) is 23.3 Å². The monoisotopic (exact) mass is 443 g/mol. The molecule has 0 unspecified atom stereocenters. The number of nitrogens with two attached hydrogens (primary N) is 1. The molecular weight excluding hydrogens is 414 g/mol. The van der Waals surface area contributed by atoms with Crippen molar-refractivity contribution >= 4 is 27.5 Å². The summed E-state index contributed by atoms with van der Waals surface area (Å²) in [5.41, 5.74) is 2.90. The first kappa shape index (κ1) is 21.8. The van der Waals surface area contributed by atoms with Gasteiger partial charge in [-0.1, -0.05) is 43.9 Å². The predicted octanol–water partition coefficient (Wildman–Crippen LogP) is 4.18. The van der Waals surface area contributed by atoms with Crippen LogP contribution in [-0.2, 0) is 27.9 Å². The second-order valence-corrected chi connectivity index (χ2v) is 10.1. The number of primary sulfonamides is 1. The van der Waals surface area contributed by atoms with Gasteiger partial charge in [0.1, 0.15) is 6.61 Å². The zero-order valence-electron chi connectivity index (χ0n) is 17.7. The van der Waals surface area contributed by atoms with Crippen LogP contribution in [0.2, 0.25) is 0 Å². The van der Waals surface area contributed by atoms with E-state index in [0.717, 1.165) is 23.6 Å². The molecule has 2 aromatic rings. The van der Waals surface area contributed by atoms with E-state index in [1.807, 2.05) is 24.3 Å². The van der Waals surface area contributed by atoms with E-state index in [1.54, 1.807) is 6.07 Å². The van der Waals surface area contributed by atoms with Crippen LogP contribution < -0.4 is 15.4 Å². The van der Waals surface area contributed by atoms with E-state index >= 15 is 0 Å². The lowest BCUT2D eigenvalue weighted by Crippen LogP contribution is -2.33. The van der Waals surface area contributed by atoms with Crippen molar-refractivity contribution in [3.05, 3.63) is 53.6 Å². The van der Waals surface area contributed by atoms with Crippen molar-refractivity contribution < 1.29 is 17.9 Å². The number of nitrogens with zero attached hydrogens (tertiary/aromatic N) is 1. The largest absolute Gasteiger partial charge is 0.444 e. The molecule has 0 radical (unpaired) electrons. The highest BCUT2D eigenvalue weighted by Crippen LogP contribution is 2.36. The molecule has 1 saturated carbocycles. The number of fused-ring (bicyclic) bond motifs is 1. The number of cyclic esters (lactones) is 1.